The second-order valence-electron chi connectivity index (χ2n) is 5.60. The molecule has 2 atom stereocenters. The van der Waals surface area contributed by atoms with Crippen molar-refractivity contribution in [1.82, 2.24) is 4.90 Å². The predicted octanol–water partition coefficient (Wildman–Crippen LogP) is 1.47. The van der Waals surface area contributed by atoms with Crippen LogP contribution in [0.1, 0.15) is 33.6 Å². The molecule has 90 valence electrons. The molecule has 1 N–H and O–H groups in total. The lowest BCUT2D eigenvalue weighted by atomic mass is 10.1. The Morgan fingerprint density at radius 1 is 1.44 bits per heavy atom. The van der Waals surface area contributed by atoms with Crippen LogP contribution in [0, 0.1) is 5.41 Å². The van der Waals surface area contributed by atoms with Crippen molar-refractivity contribution >= 4 is 12.1 Å². The SMILES string of the molecule is CC(C)(C)OC(=O)N1CC[C@]2(C(=O)O)CC12. The summed E-state index contributed by atoms with van der Waals surface area (Å²) < 4.78 is 5.24. The smallest absolute Gasteiger partial charge is 0.410 e. The van der Waals surface area contributed by atoms with Crippen LogP contribution >= 0.6 is 0 Å². The molecule has 1 aliphatic carbocycles. The van der Waals surface area contributed by atoms with Crippen LogP contribution in [-0.4, -0.2) is 40.3 Å². The third-order valence-electron chi connectivity index (χ3n) is 3.26. The molecule has 0 bridgehead atoms. The highest BCUT2D eigenvalue weighted by molar-refractivity contribution is 5.83. The maximum atomic E-state index is 11.8. The van der Waals surface area contributed by atoms with E-state index in [4.69, 9.17) is 9.84 Å². The molecule has 1 unspecified atom stereocenters. The average molecular weight is 227 g/mol. The summed E-state index contributed by atoms with van der Waals surface area (Å²) in [5, 5.41) is 9.07. The van der Waals surface area contributed by atoms with Crippen LogP contribution in [-0.2, 0) is 9.53 Å². The molecule has 0 aromatic heterocycles. The Balaban J connectivity index is 2.00. The Bertz CT molecular complexity index is 346. The van der Waals surface area contributed by atoms with Gasteiger partial charge in [0.05, 0.1) is 11.5 Å². The van der Waals surface area contributed by atoms with E-state index in [1.54, 1.807) is 25.7 Å². The van der Waals surface area contributed by atoms with Crippen molar-refractivity contribution in [3.8, 4) is 0 Å². The second kappa shape index (κ2) is 3.12. The Morgan fingerprint density at radius 3 is 2.44 bits per heavy atom. The molecule has 1 amide bonds. The van der Waals surface area contributed by atoms with Crippen LogP contribution in [0.5, 0.6) is 0 Å². The third kappa shape index (κ3) is 1.64. The molecular formula is C11H17NO4. The minimum Gasteiger partial charge on any atom is -0.481 e. The van der Waals surface area contributed by atoms with E-state index >= 15 is 0 Å². The number of hydrogen-bond donors (Lipinski definition) is 1. The number of likely N-dealkylation sites (tertiary alicyclic amines) is 1. The van der Waals surface area contributed by atoms with Gasteiger partial charge in [-0.3, -0.25) is 4.79 Å². The van der Waals surface area contributed by atoms with E-state index < -0.39 is 23.1 Å². The number of carbonyl (C=O) groups is 2. The summed E-state index contributed by atoms with van der Waals surface area (Å²) in [6.45, 7) is 5.90. The lowest BCUT2D eigenvalue weighted by molar-refractivity contribution is -0.143. The van der Waals surface area contributed by atoms with Gasteiger partial charge in [0, 0.05) is 6.54 Å². The lowest BCUT2D eigenvalue weighted by Crippen LogP contribution is -2.37. The number of carboxylic acid groups (broad SMARTS) is 1. The van der Waals surface area contributed by atoms with Gasteiger partial charge in [-0.2, -0.15) is 0 Å². The molecule has 0 radical (unpaired) electrons. The van der Waals surface area contributed by atoms with Gasteiger partial charge in [-0.15, -0.1) is 0 Å². The fourth-order valence-electron chi connectivity index (χ4n) is 2.31. The fourth-order valence-corrected chi connectivity index (χ4v) is 2.31. The number of rotatable bonds is 1. The largest absolute Gasteiger partial charge is 0.481 e. The number of piperidine rings is 1. The molecule has 0 aromatic rings. The van der Waals surface area contributed by atoms with Crippen LogP contribution in [0.2, 0.25) is 0 Å². The highest BCUT2D eigenvalue weighted by Crippen LogP contribution is 2.57. The van der Waals surface area contributed by atoms with Gasteiger partial charge in [0.1, 0.15) is 5.60 Å². The molecule has 1 heterocycles. The molecule has 16 heavy (non-hydrogen) atoms. The van der Waals surface area contributed by atoms with E-state index in [1.165, 1.54) is 0 Å². The average Bonchev–Trinajstić information content (AvgIpc) is 2.70. The van der Waals surface area contributed by atoms with E-state index in [0.29, 0.717) is 19.4 Å². The molecule has 2 rings (SSSR count). The van der Waals surface area contributed by atoms with E-state index in [-0.39, 0.29) is 6.04 Å². The van der Waals surface area contributed by atoms with Crippen molar-refractivity contribution < 1.29 is 19.4 Å². The quantitative estimate of drug-likeness (QED) is 0.736. The van der Waals surface area contributed by atoms with Crippen LogP contribution in [0.15, 0.2) is 0 Å². The Morgan fingerprint density at radius 2 is 2.06 bits per heavy atom. The minimum absolute atomic E-state index is 0.153. The number of carboxylic acids is 1. The van der Waals surface area contributed by atoms with Gasteiger partial charge in [0.2, 0.25) is 0 Å². The van der Waals surface area contributed by atoms with Crippen LogP contribution in [0.25, 0.3) is 0 Å². The van der Waals surface area contributed by atoms with Crippen molar-refractivity contribution in [2.45, 2.75) is 45.3 Å². The summed E-state index contributed by atoms with van der Waals surface area (Å²) in [6.07, 6.45) is 0.728. The first-order valence-electron chi connectivity index (χ1n) is 5.49. The first-order chi connectivity index (χ1) is 7.26. The summed E-state index contributed by atoms with van der Waals surface area (Å²) in [4.78, 5) is 24.4. The zero-order valence-corrected chi connectivity index (χ0v) is 9.82. The molecule has 0 aromatic carbocycles. The topological polar surface area (TPSA) is 66.8 Å². The first kappa shape index (κ1) is 11.2. The molecule has 2 aliphatic rings. The monoisotopic (exact) mass is 227 g/mol. The van der Waals surface area contributed by atoms with Crippen LogP contribution in [0.4, 0.5) is 4.79 Å². The van der Waals surface area contributed by atoms with Gasteiger partial charge in [-0.05, 0) is 33.6 Å². The molecule has 1 aliphatic heterocycles. The Kier molecular flexibility index (Phi) is 2.19. The minimum atomic E-state index is -0.788. The predicted molar refractivity (Wildman–Crippen MR) is 56.0 cm³/mol. The van der Waals surface area contributed by atoms with Crippen LogP contribution in [0.3, 0.4) is 0 Å². The fraction of sp³-hybridized carbons (Fsp3) is 0.818. The number of nitrogens with zero attached hydrogens (tertiary/aromatic N) is 1. The lowest BCUT2D eigenvalue weighted by Gasteiger charge is -2.25. The van der Waals surface area contributed by atoms with E-state index in [1.807, 2.05) is 0 Å². The van der Waals surface area contributed by atoms with Gasteiger partial charge in [-0.25, -0.2) is 4.79 Å². The number of hydrogen-bond acceptors (Lipinski definition) is 3. The normalized spacial score (nSPS) is 32.2. The van der Waals surface area contributed by atoms with Gasteiger partial charge in [-0.1, -0.05) is 0 Å². The van der Waals surface area contributed by atoms with Crippen molar-refractivity contribution in [2.75, 3.05) is 6.54 Å². The summed E-state index contributed by atoms with van der Waals surface area (Å²) in [5.74, 6) is -0.788. The van der Waals surface area contributed by atoms with E-state index in [2.05, 4.69) is 0 Å². The Labute approximate surface area is 94.4 Å². The molecule has 0 spiro atoms. The highest BCUT2D eigenvalue weighted by Gasteiger charge is 2.68. The maximum Gasteiger partial charge on any atom is 0.410 e. The molecular weight excluding hydrogens is 210 g/mol. The third-order valence-corrected chi connectivity index (χ3v) is 3.26. The van der Waals surface area contributed by atoms with Crippen molar-refractivity contribution in [3.63, 3.8) is 0 Å². The number of carbonyl (C=O) groups excluding carboxylic acids is 1. The highest BCUT2D eigenvalue weighted by atomic mass is 16.6. The van der Waals surface area contributed by atoms with Gasteiger partial charge < -0.3 is 14.7 Å². The molecule has 1 saturated carbocycles. The maximum absolute atomic E-state index is 11.8. The molecule has 5 heteroatoms. The van der Waals surface area contributed by atoms with Crippen molar-refractivity contribution in [3.05, 3.63) is 0 Å². The standard InChI is InChI=1S/C11H17NO4/c1-10(2,3)16-9(15)12-5-4-11(8(13)14)6-7(11)12/h7H,4-6H2,1-3H3,(H,13,14)/t7?,11-/m0/s1. The summed E-state index contributed by atoms with van der Waals surface area (Å²) in [5.41, 5.74) is -1.20. The van der Waals surface area contributed by atoms with Gasteiger partial charge >= 0.3 is 12.1 Å². The Hall–Kier alpha value is -1.26. The molecule has 5 nitrogen and oxygen atoms in total. The summed E-state index contributed by atoms with van der Waals surface area (Å²) >= 11 is 0. The number of ether oxygens (including phenoxy) is 1. The second-order valence-corrected chi connectivity index (χ2v) is 5.60. The first-order valence-corrected chi connectivity index (χ1v) is 5.49. The van der Waals surface area contributed by atoms with Crippen LogP contribution < -0.4 is 0 Å². The number of amides is 1. The summed E-state index contributed by atoms with van der Waals surface area (Å²) in [6, 6.07) is -0.153. The van der Waals surface area contributed by atoms with Gasteiger partial charge in [0.15, 0.2) is 0 Å². The van der Waals surface area contributed by atoms with Crippen molar-refractivity contribution in [2.24, 2.45) is 5.41 Å². The number of fused-ring (bicyclic) bond motifs is 1. The number of aliphatic carboxylic acids is 1. The van der Waals surface area contributed by atoms with Gasteiger partial charge in [0.25, 0.3) is 0 Å². The zero-order valence-electron chi connectivity index (χ0n) is 9.82. The zero-order chi connectivity index (χ0) is 12.1. The summed E-state index contributed by atoms with van der Waals surface area (Å²) in [7, 11) is 0. The van der Waals surface area contributed by atoms with Crippen molar-refractivity contribution in [1.29, 1.82) is 0 Å². The van der Waals surface area contributed by atoms with E-state index in [0.717, 1.165) is 0 Å². The van der Waals surface area contributed by atoms with E-state index in [9.17, 15) is 9.59 Å². The molecule has 1 saturated heterocycles. The molecule has 2 fully saturated rings.